The maximum Gasteiger partial charge on any atom is 0.422 e. The Labute approximate surface area is 95.0 Å². The number of pyridine rings is 1. The summed E-state index contributed by atoms with van der Waals surface area (Å²) in [5, 5.41) is 11.2. The van der Waals surface area contributed by atoms with E-state index in [1.807, 2.05) is 0 Å². The average Bonchev–Trinajstić information content (AvgIpc) is 2.16. The van der Waals surface area contributed by atoms with Crippen molar-refractivity contribution in [3.8, 4) is 5.75 Å². The van der Waals surface area contributed by atoms with Crippen LogP contribution in [0.2, 0.25) is 0 Å². The zero-order chi connectivity index (χ0) is 12.3. The van der Waals surface area contributed by atoms with E-state index >= 15 is 0 Å². The number of ether oxygens (including phenoxy) is 1. The van der Waals surface area contributed by atoms with Crippen molar-refractivity contribution in [2.45, 2.75) is 19.0 Å². The van der Waals surface area contributed by atoms with Crippen LogP contribution in [0.15, 0.2) is 12.3 Å². The van der Waals surface area contributed by atoms with Crippen LogP contribution in [0.3, 0.4) is 0 Å². The molecule has 0 fully saturated rings. The fraction of sp³-hybridized carbons (Fsp3) is 0.444. The molecule has 90 valence electrons. The number of halogens is 4. The van der Waals surface area contributed by atoms with E-state index in [1.54, 1.807) is 0 Å². The first-order chi connectivity index (χ1) is 7.35. The Kier molecular flexibility index (Phi) is 3.85. The van der Waals surface area contributed by atoms with Crippen LogP contribution in [-0.2, 0) is 5.88 Å². The van der Waals surface area contributed by atoms with Crippen molar-refractivity contribution < 1.29 is 22.6 Å². The predicted octanol–water partition coefficient (Wildman–Crippen LogP) is 2.31. The van der Waals surface area contributed by atoms with E-state index in [0.29, 0.717) is 10.3 Å². The zero-order valence-electron chi connectivity index (χ0n) is 8.34. The van der Waals surface area contributed by atoms with Crippen LogP contribution in [0.4, 0.5) is 13.2 Å². The lowest BCUT2D eigenvalue weighted by molar-refractivity contribution is -0.613. The molecule has 1 aromatic heterocycles. The molecule has 0 N–H and O–H groups in total. The summed E-state index contributed by atoms with van der Waals surface area (Å²) in [7, 11) is 0. The summed E-state index contributed by atoms with van der Waals surface area (Å²) >= 11 is 5.50. The van der Waals surface area contributed by atoms with Crippen LogP contribution in [0, 0.1) is 12.1 Å². The van der Waals surface area contributed by atoms with Gasteiger partial charge in [0.25, 0.3) is 0 Å². The Morgan fingerprint density at radius 2 is 2.12 bits per heavy atom. The minimum Gasteiger partial charge on any atom is -0.618 e. The van der Waals surface area contributed by atoms with Gasteiger partial charge >= 0.3 is 6.18 Å². The van der Waals surface area contributed by atoms with Gasteiger partial charge in [-0.3, -0.25) is 0 Å². The number of rotatable bonds is 3. The van der Waals surface area contributed by atoms with E-state index in [4.69, 9.17) is 11.6 Å². The summed E-state index contributed by atoms with van der Waals surface area (Å²) in [5.74, 6) is -0.0708. The highest BCUT2D eigenvalue weighted by Crippen LogP contribution is 2.22. The molecule has 0 aliphatic rings. The van der Waals surface area contributed by atoms with Crippen molar-refractivity contribution in [3.05, 3.63) is 28.7 Å². The highest BCUT2D eigenvalue weighted by atomic mass is 35.5. The molecule has 7 heteroatoms. The Hall–Kier alpha value is -1.17. The Morgan fingerprint density at radius 1 is 1.50 bits per heavy atom. The van der Waals surface area contributed by atoms with Gasteiger partial charge in [0.2, 0.25) is 5.69 Å². The lowest BCUT2D eigenvalue weighted by atomic mass is 10.2. The van der Waals surface area contributed by atoms with E-state index in [0.717, 1.165) is 6.20 Å². The highest BCUT2D eigenvalue weighted by Gasteiger charge is 2.29. The summed E-state index contributed by atoms with van der Waals surface area (Å²) in [5.41, 5.74) is 0.498. The SMILES string of the molecule is Cc1c(OCC(F)(F)F)cc[n+]([O-])c1CCl. The summed E-state index contributed by atoms with van der Waals surface area (Å²) in [6, 6.07) is 1.18. The van der Waals surface area contributed by atoms with E-state index in [2.05, 4.69) is 4.74 Å². The first-order valence-electron chi connectivity index (χ1n) is 4.32. The molecule has 1 rings (SSSR count). The van der Waals surface area contributed by atoms with Crippen LogP contribution in [0.5, 0.6) is 5.75 Å². The molecule has 0 bridgehead atoms. The van der Waals surface area contributed by atoms with E-state index in [9.17, 15) is 18.4 Å². The maximum absolute atomic E-state index is 11.9. The lowest BCUT2D eigenvalue weighted by Gasteiger charge is -2.12. The quantitative estimate of drug-likeness (QED) is 0.472. The zero-order valence-corrected chi connectivity index (χ0v) is 9.10. The van der Waals surface area contributed by atoms with E-state index in [1.165, 1.54) is 13.0 Å². The van der Waals surface area contributed by atoms with Gasteiger partial charge in [0.15, 0.2) is 12.8 Å². The maximum atomic E-state index is 11.9. The molecule has 0 aromatic carbocycles. The third kappa shape index (κ3) is 3.16. The molecule has 0 aliphatic carbocycles. The molecule has 0 spiro atoms. The minimum absolute atomic E-state index is 0.0140. The van der Waals surface area contributed by atoms with Gasteiger partial charge in [-0.05, 0) is 6.92 Å². The monoisotopic (exact) mass is 255 g/mol. The standard InChI is InChI=1S/C9H9ClF3NO2/c1-6-7(4-10)14(15)3-2-8(6)16-5-9(11,12)13/h2-3H,4-5H2,1H3. The van der Waals surface area contributed by atoms with Crippen molar-refractivity contribution in [2.24, 2.45) is 0 Å². The molecule has 0 saturated heterocycles. The molecule has 16 heavy (non-hydrogen) atoms. The number of hydrogen-bond donors (Lipinski definition) is 0. The molecule has 0 atom stereocenters. The van der Waals surface area contributed by atoms with Crippen LogP contribution in [0.25, 0.3) is 0 Å². The second kappa shape index (κ2) is 4.78. The third-order valence-electron chi connectivity index (χ3n) is 1.95. The number of nitrogens with zero attached hydrogens (tertiary/aromatic N) is 1. The molecule has 0 aliphatic heterocycles. The van der Waals surface area contributed by atoms with Crippen molar-refractivity contribution in [3.63, 3.8) is 0 Å². The largest absolute Gasteiger partial charge is 0.618 e. The molecule has 1 aromatic rings. The first kappa shape index (κ1) is 12.9. The molecular weight excluding hydrogens is 247 g/mol. The number of aromatic nitrogens is 1. The fourth-order valence-corrected chi connectivity index (χ4v) is 1.45. The van der Waals surface area contributed by atoms with Gasteiger partial charge in [-0.1, -0.05) is 0 Å². The highest BCUT2D eigenvalue weighted by molar-refractivity contribution is 6.16. The molecule has 1 heterocycles. The molecule has 0 saturated carbocycles. The normalized spacial score (nSPS) is 11.6. The summed E-state index contributed by atoms with van der Waals surface area (Å²) < 4.78 is 40.8. The Bertz CT molecular complexity index is 382. The Balaban J connectivity index is 2.90. The van der Waals surface area contributed by atoms with Gasteiger partial charge in [0.05, 0.1) is 5.56 Å². The van der Waals surface area contributed by atoms with Crippen molar-refractivity contribution in [2.75, 3.05) is 6.61 Å². The van der Waals surface area contributed by atoms with Gasteiger partial charge < -0.3 is 9.94 Å². The van der Waals surface area contributed by atoms with Gasteiger partial charge in [-0.2, -0.15) is 17.9 Å². The number of hydrogen-bond acceptors (Lipinski definition) is 2. The summed E-state index contributed by atoms with van der Waals surface area (Å²) in [6.07, 6.45) is -3.34. The van der Waals surface area contributed by atoms with Crippen LogP contribution in [0.1, 0.15) is 11.3 Å². The minimum atomic E-state index is -4.41. The fourth-order valence-electron chi connectivity index (χ4n) is 1.13. The van der Waals surface area contributed by atoms with Crippen LogP contribution in [-0.4, -0.2) is 12.8 Å². The van der Waals surface area contributed by atoms with Gasteiger partial charge in [-0.15, -0.1) is 11.6 Å². The van der Waals surface area contributed by atoms with Crippen molar-refractivity contribution in [1.29, 1.82) is 0 Å². The van der Waals surface area contributed by atoms with Crippen molar-refractivity contribution in [1.82, 2.24) is 0 Å². The Morgan fingerprint density at radius 3 is 2.62 bits per heavy atom. The topological polar surface area (TPSA) is 36.2 Å². The first-order valence-corrected chi connectivity index (χ1v) is 4.86. The van der Waals surface area contributed by atoms with Gasteiger partial charge in [0.1, 0.15) is 11.6 Å². The summed E-state index contributed by atoms with van der Waals surface area (Å²) in [4.78, 5) is 0. The van der Waals surface area contributed by atoms with Crippen LogP contribution >= 0.6 is 11.6 Å². The molecule has 0 radical (unpaired) electrons. The second-order valence-electron chi connectivity index (χ2n) is 3.11. The average molecular weight is 256 g/mol. The predicted molar refractivity (Wildman–Crippen MR) is 51.2 cm³/mol. The molecule has 3 nitrogen and oxygen atoms in total. The van der Waals surface area contributed by atoms with Crippen LogP contribution < -0.4 is 9.47 Å². The van der Waals surface area contributed by atoms with Crippen molar-refractivity contribution >= 4 is 11.6 Å². The molecular formula is C9H9ClF3NO2. The molecule has 0 amide bonds. The summed E-state index contributed by atoms with van der Waals surface area (Å²) in [6.45, 7) is 0.0935. The second-order valence-corrected chi connectivity index (χ2v) is 3.38. The van der Waals surface area contributed by atoms with E-state index < -0.39 is 12.8 Å². The van der Waals surface area contributed by atoms with Gasteiger partial charge in [0, 0.05) is 6.07 Å². The smallest absolute Gasteiger partial charge is 0.422 e. The molecule has 0 unspecified atom stereocenters. The van der Waals surface area contributed by atoms with Gasteiger partial charge in [-0.25, -0.2) is 0 Å². The third-order valence-corrected chi connectivity index (χ3v) is 2.20. The van der Waals surface area contributed by atoms with E-state index in [-0.39, 0.29) is 17.3 Å². The number of alkyl halides is 4. The lowest BCUT2D eigenvalue weighted by Crippen LogP contribution is -2.32.